The summed E-state index contributed by atoms with van der Waals surface area (Å²) in [6.45, 7) is 3.59. The number of amides is 1. The molecule has 0 aliphatic carbocycles. The third-order valence-corrected chi connectivity index (χ3v) is 10.6. The molecule has 1 amide bonds. The smallest absolute Gasteiger partial charge is 0.220 e. The molecule has 7 atom stereocenters. The number of nitrogens with one attached hydrogen (secondary N) is 1. The summed E-state index contributed by atoms with van der Waals surface area (Å²) >= 11 is 0. The highest BCUT2D eigenvalue weighted by molar-refractivity contribution is 5.76. The van der Waals surface area contributed by atoms with Crippen LogP contribution in [0.25, 0.3) is 0 Å². The van der Waals surface area contributed by atoms with E-state index in [1.54, 1.807) is 6.08 Å². The highest BCUT2D eigenvalue weighted by atomic mass is 16.7. The molecule has 0 saturated carbocycles. The van der Waals surface area contributed by atoms with E-state index in [1.165, 1.54) is 51.4 Å². The second-order valence-electron chi connectivity index (χ2n) is 16.1. The highest BCUT2D eigenvalue weighted by Gasteiger charge is 2.44. The first-order chi connectivity index (χ1) is 29.8. The van der Waals surface area contributed by atoms with Crippen LogP contribution in [-0.2, 0) is 14.3 Å². The van der Waals surface area contributed by atoms with E-state index in [1.807, 2.05) is 6.08 Å². The second-order valence-corrected chi connectivity index (χ2v) is 16.1. The molecule has 0 aromatic rings. The van der Waals surface area contributed by atoms with Gasteiger partial charge < -0.3 is 40.3 Å². The Kier molecular flexibility index (Phi) is 37.9. The zero-order valence-corrected chi connectivity index (χ0v) is 38.1. The summed E-state index contributed by atoms with van der Waals surface area (Å²) in [5.41, 5.74) is 0. The van der Waals surface area contributed by atoms with E-state index in [0.29, 0.717) is 6.42 Å². The van der Waals surface area contributed by atoms with Crippen LogP contribution in [0, 0.1) is 0 Å². The SMILES string of the molecule is CC/C=C\C/C=C\C/C=C\C/C=C\C/C=C\CCCCCCCCCC(=O)NC(COC1OC(CO)C(O)C(O)C1O)C(O)/C=C/CC/C=C/CC/C=C/CCCCCCC. The van der Waals surface area contributed by atoms with E-state index >= 15 is 0 Å². The number of rotatable bonds is 38. The van der Waals surface area contributed by atoms with Crippen LogP contribution in [0.4, 0.5) is 0 Å². The lowest BCUT2D eigenvalue weighted by Crippen LogP contribution is -2.60. The van der Waals surface area contributed by atoms with E-state index in [4.69, 9.17) is 9.47 Å². The summed E-state index contributed by atoms with van der Waals surface area (Å²) in [5, 5.41) is 54.2. The van der Waals surface area contributed by atoms with Crippen molar-refractivity contribution in [2.45, 2.75) is 211 Å². The zero-order valence-electron chi connectivity index (χ0n) is 38.1. The molecule has 1 rings (SSSR count). The summed E-state index contributed by atoms with van der Waals surface area (Å²) in [6.07, 6.45) is 51.6. The Labute approximate surface area is 371 Å². The van der Waals surface area contributed by atoms with Crippen LogP contribution in [-0.4, -0.2) is 87.5 Å². The van der Waals surface area contributed by atoms with Crippen LogP contribution in [0.1, 0.15) is 168 Å². The van der Waals surface area contributed by atoms with Crippen LogP contribution in [0.5, 0.6) is 0 Å². The van der Waals surface area contributed by atoms with Crippen molar-refractivity contribution >= 4 is 5.91 Å². The number of hydrogen-bond acceptors (Lipinski definition) is 8. The first-order valence-corrected chi connectivity index (χ1v) is 24.0. The predicted molar refractivity (Wildman–Crippen MR) is 253 cm³/mol. The van der Waals surface area contributed by atoms with Crippen molar-refractivity contribution < 1.29 is 39.8 Å². The number of carbonyl (C=O) groups is 1. The Bertz CT molecular complexity index is 1270. The van der Waals surface area contributed by atoms with Gasteiger partial charge in [0.2, 0.25) is 5.91 Å². The van der Waals surface area contributed by atoms with Crippen molar-refractivity contribution in [3.8, 4) is 0 Å². The van der Waals surface area contributed by atoms with Gasteiger partial charge in [0, 0.05) is 6.42 Å². The van der Waals surface area contributed by atoms with Gasteiger partial charge in [-0.1, -0.05) is 169 Å². The van der Waals surface area contributed by atoms with Crippen molar-refractivity contribution in [1.82, 2.24) is 5.32 Å². The molecule has 1 aliphatic rings. The maximum Gasteiger partial charge on any atom is 0.220 e. The van der Waals surface area contributed by atoms with E-state index < -0.39 is 49.5 Å². The topological polar surface area (TPSA) is 149 Å². The van der Waals surface area contributed by atoms with Gasteiger partial charge in [0.15, 0.2) is 6.29 Å². The van der Waals surface area contributed by atoms with Crippen LogP contribution in [0.2, 0.25) is 0 Å². The largest absolute Gasteiger partial charge is 0.394 e. The van der Waals surface area contributed by atoms with Crippen LogP contribution in [0.15, 0.2) is 97.2 Å². The molecule has 0 aromatic heterocycles. The zero-order chi connectivity index (χ0) is 44.4. The Morgan fingerprint density at radius 1 is 0.574 bits per heavy atom. The van der Waals surface area contributed by atoms with Gasteiger partial charge in [0.1, 0.15) is 24.4 Å². The number of carbonyl (C=O) groups excluding carboxylic acids is 1. The second kappa shape index (κ2) is 41.1. The van der Waals surface area contributed by atoms with Gasteiger partial charge in [-0.2, -0.15) is 0 Å². The number of aliphatic hydroxyl groups is 5. The van der Waals surface area contributed by atoms with Crippen molar-refractivity contribution in [2.24, 2.45) is 0 Å². The third-order valence-electron chi connectivity index (χ3n) is 10.6. The Balaban J connectivity index is 2.36. The van der Waals surface area contributed by atoms with Gasteiger partial charge in [-0.05, 0) is 89.9 Å². The highest BCUT2D eigenvalue weighted by Crippen LogP contribution is 2.22. The third kappa shape index (κ3) is 31.6. The average molecular weight is 854 g/mol. The molecule has 0 spiro atoms. The van der Waals surface area contributed by atoms with Gasteiger partial charge in [0.05, 0.1) is 25.4 Å². The van der Waals surface area contributed by atoms with Crippen molar-refractivity contribution in [1.29, 1.82) is 0 Å². The van der Waals surface area contributed by atoms with E-state index in [0.717, 1.165) is 96.3 Å². The lowest BCUT2D eigenvalue weighted by molar-refractivity contribution is -0.302. The van der Waals surface area contributed by atoms with Gasteiger partial charge >= 0.3 is 0 Å². The fraction of sp³-hybridized carbons (Fsp3) is 0.673. The summed E-state index contributed by atoms with van der Waals surface area (Å²) in [4.78, 5) is 13.0. The number of ether oxygens (including phenoxy) is 2. The van der Waals surface area contributed by atoms with Gasteiger partial charge in [-0.25, -0.2) is 0 Å². The van der Waals surface area contributed by atoms with Gasteiger partial charge in [-0.3, -0.25) is 4.79 Å². The lowest BCUT2D eigenvalue weighted by Gasteiger charge is -2.40. The fourth-order valence-corrected chi connectivity index (χ4v) is 6.80. The van der Waals surface area contributed by atoms with E-state index in [-0.39, 0.29) is 12.5 Å². The Morgan fingerprint density at radius 3 is 1.57 bits per heavy atom. The molecule has 0 aromatic carbocycles. The summed E-state index contributed by atoms with van der Waals surface area (Å²) < 4.78 is 11.2. The molecule has 6 N–H and O–H groups in total. The quantitative estimate of drug-likeness (QED) is 0.0266. The van der Waals surface area contributed by atoms with Crippen LogP contribution < -0.4 is 5.32 Å². The number of unbranched alkanes of at least 4 members (excludes halogenated alkanes) is 14. The molecule has 9 heteroatoms. The summed E-state index contributed by atoms with van der Waals surface area (Å²) in [5.74, 6) is -0.208. The normalized spacial score (nSPS) is 21.3. The van der Waals surface area contributed by atoms with Gasteiger partial charge in [-0.15, -0.1) is 0 Å². The van der Waals surface area contributed by atoms with Crippen molar-refractivity contribution in [3.63, 3.8) is 0 Å². The molecule has 1 fully saturated rings. The van der Waals surface area contributed by atoms with E-state index in [9.17, 15) is 30.3 Å². The minimum Gasteiger partial charge on any atom is -0.394 e. The average Bonchev–Trinajstić information content (AvgIpc) is 3.26. The maximum absolute atomic E-state index is 13.0. The molecule has 7 unspecified atom stereocenters. The molecular weight excluding hydrogens is 767 g/mol. The van der Waals surface area contributed by atoms with Crippen molar-refractivity contribution in [3.05, 3.63) is 97.2 Å². The predicted octanol–water partition coefficient (Wildman–Crippen LogP) is 10.5. The standard InChI is InChI=1S/C52H87NO8/c1-3-5-7-9-11-13-15-17-19-20-21-22-23-24-25-26-28-30-32-34-36-38-40-42-48(56)53-45(44-60-52-51(59)50(58)49(57)47(43-54)61-52)46(55)41-39-37-35-33-31-29-27-18-16-14-12-10-8-6-4-2/h5,7,11,13,16-19,21-22,24-25,31,33,39,41,45-47,49-52,54-55,57-59H,3-4,6,8-10,12,14-15,20,23,26-30,32,34-38,40,42-44H2,1-2H3,(H,53,56)/b7-5-,13-11-,18-16+,19-17-,22-21-,25-24-,33-31+,41-39+. The minimum absolute atomic E-state index is 0.208. The number of aliphatic hydroxyl groups excluding tert-OH is 5. The number of allylic oxidation sites excluding steroid dienone is 15. The molecule has 61 heavy (non-hydrogen) atoms. The first-order valence-electron chi connectivity index (χ1n) is 24.0. The molecule has 1 heterocycles. The van der Waals surface area contributed by atoms with E-state index in [2.05, 4.69) is 104 Å². The van der Waals surface area contributed by atoms with Crippen molar-refractivity contribution in [2.75, 3.05) is 13.2 Å². The molecule has 0 bridgehead atoms. The molecule has 1 aliphatic heterocycles. The molecule has 348 valence electrons. The molecular formula is C52H87NO8. The molecule has 1 saturated heterocycles. The summed E-state index contributed by atoms with van der Waals surface area (Å²) in [6, 6.07) is -0.840. The molecule has 9 nitrogen and oxygen atoms in total. The monoisotopic (exact) mass is 854 g/mol. The number of hydrogen-bond donors (Lipinski definition) is 6. The summed E-state index contributed by atoms with van der Waals surface area (Å²) in [7, 11) is 0. The Morgan fingerprint density at radius 2 is 1.03 bits per heavy atom. The Hall–Kier alpha value is -2.89. The first kappa shape index (κ1) is 56.1. The van der Waals surface area contributed by atoms with Crippen LogP contribution in [0.3, 0.4) is 0 Å². The van der Waals surface area contributed by atoms with Crippen LogP contribution >= 0.6 is 0 Å². The lowest BCUT2D eigenvalue weighted by atomic mass is 9.99. The molecule has 0 radical (unpaired) electrons. The van der Waals surface area contributed by atoms with Gasteiger partial charge in [0.25, 0.3) is 0 Å². The minimum atomic E-state index is -1.58. The fourth-order valence-electron chi connectivity index (χ4n) is 6.80. The maximum atomic E-state index is 13.0.